The van der Waals surface area contributed by atoms with E-state index in [1.54, 1.807) is 0 Å². The van der Waals surface area contributed by atoms with Gasteiger partial charge in [-0.05, 0) is 19.0 Å². The summed E-state index contributed by atoms with van der Waals surface area (Å²) >= 11 is 0. The van der Waals surface area contributed by atoms with E-state index in [1.165, 1.54) is 17.1 Å². The molecule has 7 nitrogen and oxygen atoms in total. The zero-order valence-corrected chi connectivity index (χ0v) is 9.87. The Bertz CT molecular complexity index is 560. The van der Waals surface area contributed by atoms with Crippen LogP contribution in [0.2, 0.25) is 0 Å². The first kappa shape index (κ1) is 11.7. The number of rotatable bonds is 2. The maximum Gasteiger partial charge on any atom is 0.512 e. The van der Waals surface area contributed by atoms with Crippen LogP contribution in [0.4, 0.5) is 4.79 Å². The molecule has 3 atom stereocenters. The molecular formula is C12H11N3O4. The highest BCUT2D eigenvalue weighted by atomic mass is 16.7. The number of amides is 1. The molecule has 7 heteroatoms. The van der Waals surface area contributed by atoms with Gasteiger partial charge in [-0.3, -0.25) is 9.69 Å². The van der Waals surface area contributed by atoms with Crippen LogP contribution in [-0.2, 0) is 9.53 Å². The van der Waals surface area contributed by atoms with E-state index in [-0.39, 0.29) is 29.8 Å². The fourth-order valence-corrected chi connectivity index (χ4v) is 3.08. The lowest BCUT2D eigenvalue weighted by atomic mass is 9.79. The minimum absolute atomic E-state index is 0.0305. The van der Waals surface area contributed by atoms with Crippen molar-refractivity contribution in [3.8, 4) is 6.07 Å². The highest BCUT2D eigenvalue weighted by Gasteiger charge is 2.60. The van der Waals surface area contributed by atoms with Crippen molar-refractivity contribution >= 4 is 12.1 Å². The summed E-state index contributed by atoms with van der Waals surface area (Å²) in [5.74, 6) is -0.0897. The minimum Gasteiger partial charge on any atom is -0.449 e. The van der Waals surface area contributed by atoms with Gasteiger partial charge in [0.15, 0.2) is 0 Å². The van der Waals surface area contributed by atoms with Gasteiger partial charge in [-0.1, -0.05) is 0 Å². The number of nitrogens with zero attached hydrogens (tertiary/aromatic N) is 2. The molecule has 0 aliphatic carbocycles. The summed E-state index contributed by atoms with van der Waals surface area (Å²) in [6.07, 6.45) is 2.13. The number of hydrogen-bond acceptors (Lipinski definition) is 5. The highest BCUT2D eigenvalue weighted by Crippen LogP contribution is 2.46. The Hall–Kier alpha value is -2.33. The van der Waals surface area contributed by atoms with Crippen LogP contribution >= 0.6 is 0 Å². The monoisotopic (exact) mass is 261 g/mol. The Morgan fingerprint density at radius 2 is 2.42 bits per heavy atom. The molecule has 19 heavy (non-hydrogen) atoms. The average Bonchev–Trinajstić information content (AvgIpc) is 2.67. The van der Waals surface area contributed by atoms with Crippen LogP contribution in [0.1, 0.15) is 6.42 Å². The molecule has 2 N–H and O–H groups in total. The second-order valence-corrected chi connectivity index (χ2v) is 4.62. The molecule has 2 saturated heterocycles. The molecule has 0 spiro atoms. The first-order chi connectivity index (χ1) is 9.15. The van der Waals surface area contributed by atoms with Crippen molar-refractivity contribution in [1.82, 2.24) is 10.2 Å². The van der Waals surface area contributed by atoms with E-state index < -0.39 is 6.16 Å². The molecular weight excluding hydrogens is 250 g/mol. The van der Waals surface area contributed by atoms with Crippen LogP contribution in [0.3, 0.4) is 0 Å². The van der Waals surface area contributed by atoms with Gasteiger partial charge in [-0.15, -0.1) is 0 Å². The van der Waals surface area contributed by atoms with Crippen LogP contribution in [0.5, 0.6) is 0 Å². The lowest BCUT2D eigenvalue weighted by Gasteiger charge is -2.48. The SMILES string of the molecule is N#C/C=C/C1=C(OC(=O)O)N2C(=O)[C@H]3NCCC1[C@H]32. The smallest absolute Gasteiger partial charge is 0.449 e. The third-order valence-electron chi connectivity index (χ3n) is 3.76. The van der Waals surface area contributed by atoms with Gasteiger partial charge < -0.3 is 15.2 Å². The summed E-state index contributed by atoms with van der Waals surface area (Å²) in [6, 6.07) is 1.51. The first-order valence-corrected chi connectivity index (χ1v) is 5.92. The zero-order valence-electron chi connectivity index (χ0n) is 9.87. The molecule has 3 aliphatic heterocycles. The number of allylic oxidation sites excluding steroid dienone is 2. The number of nitriles is 1. The predicted molar refractivity (Wildman–Crippen MR) is 61.4 cm³/mol. The van der Waals surface area contributed by atoms with Gasteiger partial charge in [0.1, 0.15) is 6.04 Å². The van der Waals surface area contributed by atoms with Gasteiger partial charge in [0.05, 0.1) is 12.1 Å². The third kappa shape index (κ3) is 1.54. The van der Waals surface area contributed by atoms with Gasteiger partial charge in [-0.2, -0.15) is 5.26 Å². The number of carbonyl (C=O) groups is 2. The maximum absolute atomic E-state index is 11.9. The molecule has 3 aliphatic rings. The van der Waals surface area contributed by atoms with E-state index in [4.69, 9.17) is 15.1 Å². The third-order valence-corrected chi connectivity index (χ3v) is 3.76. The molecule has 0 radical (unpaired) electrons. The lowest BCUT2D eigenvalue weighted by molar-refractivity contribution is -0.152. The van der Waals surface area contributed by atoms with Gasteiger partial charge in [0, 0.05) is 17.6 Å². The van der Waals surface area contributed by atoms with Crippen LogP contribution in [0, 0.1) is 17.2 Å². The van der Waals surface area contributed by atoms with Gasteiger partial charge in [0.2, 0.25) is 11.8 Å². The van der Waals surface area contributed by atoms with E-state index in [9.17, 15) is 9.59 Å². The fraction of sp³-hybridized carbons (Fsp3) is 0.417. The average molecular weight is 261 g/mol. The molecule has 3 rings (SSSR count). The van der Waals surface area contributed by atoms with Crippen molar-refractivity contribution < 1.29 is 19.4 Å². The Labute approximate surface area is 108 Å². The first-order valence-electron chi connectivity index (χ1n) is 5.92. The van der Waals surface area contributed by atoms with Crippen LogP contribution in [-0.4, -0.2) is 40.7 Å². The van der Waals surface area contributed by atoms with Crippen LogP contribution in [0.15, 0.2) is 23.6 Å². The van der Waals surface area contributed by atoms with Crippen LogP contribution in [0.25, 0.3) is 0 Å². The van der Waals surface area contributed by atoms with Crippen molar-refractivity contribution in [1.29, 1.82) is 5.26 Å². The normalized spacial score (nSPS) is 32.1. The molecule has 3 heterocycles. The molecule has 2 fully saturated rings. The van der Waals surface area contributed by atoms with E-state index >= 15 is 0 Å². The fourth-order valence-electron chi connectivity index (χ4n) is 3.08. The Balaban J connectivity index is 2.01. The summed E-state index contributed by atoms with van der Waals surface area (Å²) < 4.78 is 4.75. The molecule has 0 aromatic rings. The Kier molecular flexibility index (Phi) is 2.54. The van der Waals surface area contributed by atoms with Crippen molar-refractivity contribution in [2.75, 3.05) is 6.54 Å². The molecule has 1 unspecified atom stereocenters. The Morgan fingerprint density at radius 1 is 1.63 bits per heavy atom. The molecule has 0 aromatic heterocycles. The topological polar surface area (TPSA) is 103 Å². The number of carboxylic acid groups (broad SMARTS) is 1. The number of carbonyl (C=O) groups excluding carboxylic acids is 1. The molecule has 98 valence electrons. The number of β-lactam (4-membered cyclic amide) rings is 1. The second kappa shape index (κ2) is 4.10. The largest absolute Gasteiger partial charge is 0.512 e. The van der Waals surface area contributed by atoms with Gasteiger partial charge in [0.25, 0.3) is 0 Å². The molecule has 0 saturated carbocycles. The van der Waals surface area contributed by atoms with E-state index in [0.29, 0.717) is 12.1 Å². The Morgan fingerprint density at radius 3 is 3.11 bits per heavy atom. The molecule has 1 amide bonds. The highest BCUT2D eigenvalue weighted by molar-refractivity contribution is 5.93. The predicted octanol–water partition coefficient (Wildman–Crippen LogP) is 0.175. The molecule has 0 aromatic carbocycles. The summed E-state index contributed by atoms with van der Waals surface area (Å²) in [6.45, 7) is 0.690. The number of ether oxygens (including phenoxy) is 1. The van der Waals surface area contributed by atoms with Crippen molar-refractivity contribution in [3.63, 3.8) is 0 Å². The quantitative estimate of drug-likeness (QED) is 0.417. The summed E-state index contributed by atoms with van der Waals surface area (Å²) in [5.41, 5.74) is 0.617. The summed E-state index contributed by atoms with van der Waals surface area (Å²) in [5, 5.41) is 20.5. The number of hydrogen-bond donors (Lipinski definition) is 2. The maximum atomic E-state index is 11.9. The minimum atomic E-state index is -1.46. The number of piperidine rings is 1. The van der Waals surface area contributed by atoms with E-state index in [2.05, 4.69) is 5.32 Å². The van der Waals surface area contributed by atoms with Crippen molar-refractivity contribution in [2.45, 2.75) is 18.5 Å². The standard InChI is InChI=1S/C12H11N3O4/c13-4-1-2-7-6-3-5-14-8-9(6)15(10(8)16)11(7)19-12(17)18/h1-2,6,8-9,14H,3,5H2,(H,17,18)/b2-1+/t6?,8-,9+/m0/s1. The molecule has 0 bridgehead atoms. The second-order valence-electron chi connectivity index (χ2n) is 4.62. The van der Waals surface area contributed by atoms with Gasteiger partial charge in [-0.25, -0.2) is 4.79 Å². The van der Waals surface area contributed by atoms with Gasteiger partial charge >= 0.3 is 6.16 Å². The van der Waals surface area contributed by atoms with Crippen LogP contribution < -0.4 is 5.32 Å². The van der Waals surface area contributed by atoms with Crippen molar-refractivity contribution in [3.05, 3.63) is 23.6 Å². The van der Waals surface area contributed by atoms with Crippen molar-refractivity contribution in [2.24, 2.45) is 5.92 Å². The number of nitrogens with one attached hydrogen (secondary N) is 1. The lowest BCUT2D eigenvalue weighted by Crippen LogP contribution is -2.71. The summed E-state index contributed by atoms with van der Waals surface area (Å²) in [4.78, 5) is 24.1. The van der Waals surface area contributed by atoms with E-state index in [0.717, 1.165) is 6.42 Å². The summed E-state index contributed by atoms with van der Waals surface area (Å²) in [7, 11) is 0. The zero-order chi connectivity index (χ0) is 13.6. The van der Waals surface area contributed by atoms with E-state index in [1.807, 2.05) is 6.07 Å².